The topological polar surface area (TPSA) is 83.0 Å². The van der Waals surface area contributed by atoms with Crippen LogP contribution in [-0.4, -0.2) is 58.6 Å². The van der Waals surface area contributed by atoms with Crippen LogP contribution in [0, 0.1) is 0 Å². The van der Waals surface area contributed by atoms with Crippen LogP contribution < -0.4 is 10.6 Å². The minimum absolute atomic E-state index is 0. The van der Waals surface area contributed by atoms with Crippen LogP contribution in [0.2, 0.25) is 0 Å². The predicted octanol–water partition coefficient (Wildman–Crippen LogP) is 2.78. The van der Waals surface area contributed by atoms with Crippen LogP contribution in [0.25, 0.3) is 0 Å². The smallest absolute Gasteiger partial charge is 0.252 e. The summed E-state index contributed by atoms with van der Waals surface area (Å²) in [6, 6.07) is 14.1. The van der Waals surface area contributed by atoms with Gasteiger partial charge in [0.15, 0.2) is 5.96 Å². The first-order valence-electron chi connectivity index (χ1n) is 10.2. The molecule has 2 N–H and O–H groups in total. The van der Waals surface area contributed by atoms with Crippen LogP contribution >= 0.6 is 35.3 Å². The van der Waals surface area contributed by atoms with E-state index in [4.69, 9.17) is 4.74 Å². The highest BCUT2D eigenvalue weighted by atomic mass is 127. The number of halogens is 1. The number of morpholine rings is 1. The molecule has 0 amide bonds. The Kier molecular flexibility index (Phi) is 8.36. The Bertz CT molecular complexity index is 985. The zero-order valence-electron chi connectivity index (χ0n) is 17.5. The number of aliphatic imine (C=N–C) groups is 1. The van der Waals surface area contributed by atoms with Gasteiger partial charge in [0.25, 0.3) is 10.0 Å². The summed E-state index contributed by atoms with van der Waals surface area (Å²) in [5, 5.41) is 6.74. The maximum atomic E-state index is 12.8. The molecule has 1 saturated carbocycles. The fourth-order valence-electron chi connectivity index (χ4n) is 3.66. The first kappa shape index (κ1) is 24.4. The molecule has 10 heteroatoms. The summed E-state index contributed by atoms with van der Waals surface area (Å²) in [7, 11) is -1.69. The number of guanidine groups is 1. The molecule has 0 unspecified atom stereocenters. The first-order valence-corrected chi connectivity index (χ1v) is 12.5. The van der Waals surface area contributed by atoms with Gasteiger partial charge in [0.2, 0.25) is 0 Å². The van der Waals surface area contributed by atoms with E-state index in [2.05, 4.69) is 39.9 Å². The minimum Gasteiger partial charge on any atom is -0.379 e. The molecular weight excluding hydrogens is 547 g/mol. The van der Waals surface area contributed by atoms with Gasteiger partial charge in [-0.25, -0.2) is 8.42 Å². The monoisotopic (exact) mass is 576 g/mol. The van der Waals surface area contributed by atoms with E-state index in [0.717, 1.165) is 17.4 Å². The molecule has 1 saturated heterocycles. The van der Waals surface area contributed by atoms with Crippen molar-refractivity contribution in [1.82, 2.24) is 14.9 Å². The second kappa shape index (κ2) is 10.6. The summed E-state index contributed by atoms with van der Waals surface area (Å²) < 4.78 is 32.7. The van der Waals surface area contributed by atoms with Gasteiger partial charge >= 0.3 is 0 Å². The lowest BCUT2D eigenvalue weighted by atomic mass is 9.96. The van der Waals surface area contributed by atoms with E-state index in [-0.39, 0.29) is 29.4 Å². The van der Waals surface area contributed by atoms with E-state index in [1.54, 1.807) is 13.1 Å². The van der Waals surface area contributed by atoms with Crippen LogP contribution in [0.1, 0.15) is 23.3 Å². The third-order valence-corrected chi connectivity index (χ3v) is 9.14. The molecule has 1 aromatic carbocycles. The minimum atomic E-state index is -3.44. The number of hydrogen-bond donors (Lipinski definition) is 2. The molecule has 170 valence electrons. The van der Waals surface area contributed by atoms with Gasteiger partial charge in [-0.3, -0.25) is 4.99 Å². The maximum absolute atomic E-state index is 12.8. The molecule has 0 radical (unpaired) electrons. The molecule has 2 aromatic rings. The Labute approximate surface area is 205 Å². The average molecular weight is 577 g/mol. The van der Waals surface area contributed by atoms with Gasteiger partial charge in [-0.2, -0.15) is 4.31 Å². The standard InChI is InChI=1S/C21H28N4O3S2.HI/c1-22-20(24-16-21(9-10-21)17-5-3-2-4-6-17)23-15-18-7-8-19(29-18)30(26,27)25-11-13-28-14-12-25;/h2-8H,9-16H2,1H3,(H2,22,23,24);1H. The van der Waals surface area contributed by atoms with Crippen molar-refractivity contribution in [3.05, 3.63) is 52.9 Å². The van der Waals surface area contributed by atoms with Crippen molar-refractivity contribution in [2.45, 2.75) is 29.0 Å². The molecule has 2 aliphatic rings. The van der Waals surface area contributed by atoms with Gasteiger partial charge in [-0.1, -0.05) is 30.3 Å². The molecule has 7 nitrogen and oxygen atoms in total. The van der Waals surface area contributed by atoms with Crippen molar-refractivity contribution in [3.8, 4) is 0 Å². The molecule has 1 aromatic heterocycles. The first-order chi connectivity index (χ1) is 14.5. The van der Waals surface area contributed by atoms with Gasteiger partial charge in [0.1, 0.15) is 4.21 Å². The zero-order chi connectivity index (χ0) is 21.0. The Morgan fingerprint density at radius 3 is 2.48 bits per heavy atom. The molecule has 0 bridgehead atoms. The summed E-state index contributed by atoms with van der Waals surface area (Å²) in [5.41, 5.74) is 1.56. The second-order valence-corrected chi connectivity index (χ2v) is 11.0. The van der Waals surface area contributed by atoms with Gasteiger partial charge in [0.05, 0.1) is 19.8 Å². The summed E-state index contributed by atoms with van der Waals surface area (Å²) in [6.07, 6.45) is 2.35. The highest BCUT2D eigenvalue weighted by molar-refractivity contribution is 14.0. The third kappa shape index (κ3) is 5.78. The lowest BCUT2D eigenvalue weighted by molar-refractivity contribution is 0.0731. The second-order valence-electron chi connectivity index (χ2n) is 7.66. The number of ether oxygens (including phenoxy) is 1. The third-order valence-electron chi connectivity index (χ3n) is 5.69. The SMILES string of the molecule is CN=C(NCc1ccc(S(=O)(=O)N2CCOCC2)s1)NCC1(c2ccccc2)CC1.I. The van der Waals surface area contributed by atoms with E-state index in [9.17, 15) is 8.42 Å². The Hall–Kier alpha value is -1.21. The normalized spacial score (nSPS) is 18.8. The van der Waals surface area contributed by atoms with Crippen molar-refractivity contribution < 1.29 is 13.2 Å². The number of nitrogens with one attached hydrogen (secondary N) is 2. The molecule has 2 heterocycles. The van der Waals surface area contributed by atoms with E-state index in [1.807, 2.05) is 12.1 Å². The summed E-state index contributed by atoms with van der Waals surface area (Å²) in [6.45, 7) is 3.08. The van der Waals surface area contributed by atoms with Crippen LogP contribution in [-0.2, 0) is 26.7 Å². The number of hydrogen-bond acceptors (Lipinski definition) is 5. The number of nitrogens with zero attached hydrogens (tertiary/aromatic N) is 2. The van der Waals surface area contributed by atoms with Crippen molar-refractivity contribution in [2.75, 3.05) is 39.9 Å². The maximum Gasteiger partial charge on any atom is 0.252 e. The van der Waals surface area contributed by atoms with E-state index >= 15 is 0 Å². The van der Waals surface area contributed by atoms with Crippen molar-refractivity contribution >= 4 is 51.3 Å². The van der Waals surface area contributed by atoms with Crippen LogP contribution in [0.5, 0.6) is 0 Å². The predicted molar refractivity (Wildman–Crippen MR) is 135 cm³/mol. The van der Waals surface area contributed by atoms with Crippen LogP contribution in [0.4, 0.5) is 0 Å². The summed E-state index contributed by atoms with van der Waals surface area (Å²) in [5.74, 6) is 0.725. The van der Waals surface area contributed by atoms with Crippen molar-refractivity contribution in [3.63, 3.8) is 0 Å². The number of sulfonamides is 1. The van der Waals surface area contributed by atoms with E-state index < -0.39 is 10.0 Å². The largest absolute Gasteiger partial charge is 0.379 e. The summed E-state index contributed by atoms with van der Waals surface area (Å²) in [4.78, 5) is 5.27. The lowest BCUT2D eigenvalue weighted by Crippen LogP contribution is -2.40. The Morgan fingerprint density at radius 1 is 1.13 bits per heavy atom. The highest BCUT2D eigenvalue weighted by Gasteiger charge is 2.44. The number of rotatable bonds is 7. The lowest BCUT2D eigenvalue weighted by Gasteiger charge is -2.25. The molecule has 0 spiro atoms. The van der Waals surface area contributed by atoms with Gasteiger partial charge in [0, 0.05) is 37.0 Å². The average Bonchev–Trinajstić information content (AvgIpc) is 3.43. The van der Waals surface area contributed by atoms with Crippen LogP contribution in [0.15, 0.2) is 51.7 Å². The van der Waals surface area contributed by atoms with Crippen molar-refractivity contribution in [2.24, 2.45) is 4.99 Å². The van der Waals surface area contributed by atoms with Gasteiger partial charge < -0.3 is 15.4 Å². The van der Waals surface area contributed by atoms with Crippen LogP contribution in [0.3, 0.4) is 0 Å². The Morgan fingerprint density at radius 2 is 1.84 bits per heavy atom. The van der Waals surface area contributed by atoms with E-state index in [1.165, 1.54) is 34.0 Å². The fourth-order valence-corrected chi connectivity index (χ4v) is 6.52. The molecule has 31 heavy (non-hydrogen) atoms. The molecule has 1 aliphatic carbocycles. The number of thiophene rings is 1. The van der Waals surface area contributed by atoms with Crippen molar-refractivity contribution in [1.29, 1.82) is 0 Å². The zero-order valence-corrected chi connectivity index (χ0v) is 21.5. The van der Waals surface area contributed by atoms with Gasteiger partial charge in [-0.05, 0) is 30.5 Å². The molecular formula is C21H29IN4O3S2. The Balaban J connectivity index is 0.00000272. The highest BCUT2D eigenvalue weighted by Crippen LogP contribution is 2.47. The molecule has 4 rings (SSSR count). The molecule has 0 atom stereocenters. The molecule has 2 fully saturated rings. The van der Waals surface area contributed by atoms with Gasteiger partial charge in [-0.15, -0.1) is 35.3 Å². The number of benzene rings is 1. The fraction of sp³-hybridized carbons (Fsp3) is 0.476. The summed E-state index contributed by atoms with van der Waals surface area (Å²) >= 11 is 1.30. The molecule has 1 aliphatic heterocycles. The van der Waals surface area contributed by atoms with E-state index in [0.29, 0.717) is 37.1 Å². The quantitative estimate of drug-likeness (QED) is 0.301.